The van der Waals surface area contributed by atoms with Gasteiger partial charge in [-0.05, 0) is 30.5 Å². The van der Waals surface area contributed by atoms with E-state index >= 15 is 0 Å². The Labute approximate surface area is 133 Å². The lowest BCUT2D eigenvalue weighted by Crippen LogP contribution is -2.36. The molecule has 0 aromatic heterocycles. The summed E-state index contributed by atoms with van der Waals surface area (Å²) in [4.78, 5) is 14.7. The minimum Gasteiger partial charge on any atom is -0.312 e. The molecule has 2 nitrogen and oxygen atoms in total. The number of para-hydroxylation sites is 1. The lowest BCUT2D eigenvalue weighted by molar-refractivity contribution is -0.122. The quantitative estimate of drug-likeness (QED) is 0.725. The lowest BCUT2D eigenvalue weighted by atomic mass is 10.0. The van der Waals surface area contributed by atoms with E-state index in [9.17, 15) is 4.79 Å². The van der Waals surface area contributed by atoms with Crippen molar-refractivity contribution in [2.75, 3.05) is 11.4 Å². The van der Waals surface area contributed by atoms with E-state index in [4.69, 9.17) is 0 Å². The van der Waals surface area contributed by atoms with Gasteiger partial charge in [0.1, 0.15) is 0 Å². The van der Waals surface area contributed by atoms with Gasteiger partial charge in [0.25, 0.3) is 0 Å². The maximum atomic E-state index is 12.8. The highest BCUT2D eigenvalue weighted by molar-refractivity contribution is 5.94. The highest BCUT2D eigenvalue weighted by Crippen LogP contribution is 2.19. The fourth-order valence-corrected chi connectivity index (χ4v) is 2.68. The first-order chi connectivity index (χ1) is 10.7. The van der Waals surface area contributed by atoms with Crippen molar-refractivity contribution in [3.63, 3.8) is 0 Å². The Kier molecular flexibility index (Phi) is 6.20. The van der Waals surface area contributed by atoms with Gasteiger partial charge < -0.3 is 4.90 Å². The van der Waals surface area contributed by atoms with Gasteiger partial charge >= 0.3 is 0 Å². The third kappa shape index (κ3) is 4.45. The van der Waals surface area contributed by atoms with Crippen LogP contribution in [-0.4, -0.2) is 12.5 Å². The third-order valence-electron chi connectivity index (χ3n) is 3.94. The molecule has 0 bridgehead atoms. The molecule has 1 atom stereocenters. The highest BCUT2D eigenvalue weighted by atomic mass is 16.2. The van der Waals surface area contributed by atoms with Gasteiger partial charge in [-0.3, -0.25) is 4.79 Å². The summed E-state index contributed by atoms with van der Waals surface area (Å²) in [6, 6.07) is 20.3. The topological polar surface area (TPSA) is 20.3 Å². The van der Waals surface area contributed by atoms with E-state index in [0.717, 1.165) is 31.5 Å². The molecule has 0 saturated carbocycles. The largest absolute Gasteiger partial charge is 0.312 e. The molecule has 0 aliphatic rings. The van der Waals surface area contributed by atoms with Crippen LogP contribution in [0.1, 0.15) is 32.3 Å². The van der Waals surface area contributed by atoms with Crippen molar-refractivity contribution < 1.29 is 4.79 Å². The summed E-state index contributed by atoms with van der Waals surface area (Å²) >= 11 is 0. The summed E-state index contributed by atoms with van der Waals surface area (Å²) < 4.78 is 0. The first-order valence-corrected chi connectivity index (χ1v) is 8.12. The minimum atomic E-state index is 0.0704. The van der Waals surface area contributed by atoms with Crippen LogP contribution in [0.4, 0.5) is 5.69 Å². The number of nitrogens with zero attached hydrogens (tertiary/aromatic N) is 1. The van der Waals surface area contributed by atoms with Gasteiger partial charge in [-0.25, -0.2) is 0 Å². The summed E-state index contributed by atoms with van der Waals surface area (Å²) in [6.45, 7) is 4.88. The normalized spacial score (nSPS) is 11.9. The Hall–Kier alpha value is -2.09. The van der Waals surface area contributed by atoms with Crippen molar-refractivity contribution in [1.29, 1.82) is 0 Å². The predicted octanol–water partition coefficient (Wildman–Crippen LogP) is 4.70. The second kappa shape index (κ2) is 8.38. The monoisotopic (exact) mass is 295 g/mol. The molecule has 116 valence electrons. The van der Waals surface area contributed by atoms with Gasteiger partial charge in [-0.15, -0.1) is 0 Å². The van der Waals surface area contributed by atoms with Crippen LogP contribution in [0.5, 0.6) is 0 Å². The van der Waals surface area contributed by atoms with Crippen molar-refractivity contribution in [2.45, 2.75) is 33.1 Å². The van der Waals surface area contributed by atoms with Gasteiger partial charge in [0.15, 0.2) is 0 Å². The molecule has 0 saturated heterocycles. The van der Waals surface area contributed by atoms with E-state index in [1.54, 1.807) is 0 Å². The number of hydrogen-bond acceptors (Lipinski definition) is 1. The van der Waals surface area contributed by atoms with Crippen molar-refractivity contribution in [2.24, 2.45) is 5.92 Å². The highest BCUT2D eigenvalue weighted by Gasteiger charge is 2.21. The lowest BCUT2D eigenvalue weighted by Gasteiger charge is -2.26. The fourth-order valence-electron chi connectivity index (χ4n) is 2.68. The summed E-state index contributed by atoms with van der Waals surface area (Å²) in [5.41, 5.74) is 2.26. The van der Waals surface area contributed by atoms with Gasteiger partial charge in [-0.1, -0.05) is 68.8 Å². The summed E-state index contributed by atoms with van der Waals surface area (Å²) in [5.74, 6) is 0.296. The first-order valence-electron chi connectivity index (χ1n) is 8.12. The van der Waals surface area contributed by atoms with Crippen molar-refractivity contribution in [1.82, 2.24) is 0 Å². The third-order valence-corrected chi connectivity index (χ3v) is 3.94. The molecule has 0 fully saturated rings. The van der Waals surface area contributed by atoms with Gasteiger partial charge in [-0.2, -0.15) is 0 Å². The second-order valence-electron chi connectivity index (χ2n) is 5.75. The van der Waals surface area contributed by atoms with Crippen LogP contribution in [0.15, 0.2) is 60.7 Å². The van der Waals surface area contributed by atoms with Gasteiger partial charge in [0.05, 0.1) is 0 Å². The number of rotatable bonds is 7. The van der Waals surface area contributed by atoms with E-state index < -0.39 is 0 Å². The van der Waals surface area contributed by atoms with E-state index in [0.29, 0.717) is 0 Å². The van der Waals surface area contributed by atoms with Gasteiger partial charge in [0.2, 0.25) is 5.91 Å². The molecule has 0 N–H and O–H groups in total. The molecule has 2 aromatic carbocycles. The molecular formula is C20H25NO. The maximum Gasteiger partial charge on any atom is 0.229 e. The molecule has 0 aliphatic carbocycles. The Morgan fingerprint density at radius 1 is 1.00 bits per heavy atom. The van der Waals surface area contributed by atoms with E-state index in [1.807, 2.05) is 60.4 Å². The van der Waals surface area contributed by atoms with E-state index in [2.05, 4.69) is 19.1 Å². The predicted molar refractivity (Wildman–Crippen MR) is 93.0 cm³/mol. The Bertz CT molecular complexity index is 565. The van der Waals surface area contributed by atoms with Crippen LogP contribution in [0.3, 0.4) is 0 Å². The average Bonchev–Trinajstić information content (AvgIpc) is 2.57. The number of benzene rings is 2. The SMILES string of the molecule is CCCC(C)C(=O)N(CCc1ccccc1)c1ccccc1. The number of anilines is 1. The Morgan fingerprint density at radius 3 is 2.18 bits per heavy atom. The molecule has 0 aliphatic heterocycles. The fraction of sp³-hybridized carbons (Fsp3) is 0.350. The molecule has 0 heterocycles. The van der Waals surface area contributed by atoms with Crippen LogP contribution in [0, 0.1) is 5.92 Å². The summed E-state index contributed by atoms with van der Waals surface area (Å²) in [5, 5.41) is 0. The zero-order valence-electron chi connectivity index (χ0n) is 13.5. The summed E-state index contributed by atoms with van der Waals surface area (Å²) in [7, 11) is 0. The zero-order valence-corrected chi connectivity index (χ0v) is 13.5. The summed E-state index contributed by atoms with van der Waals surface area (Å²) in [6.07, 6.45) is 2.85. The number of carbonyl (C=O) groups is 1. The minimum absolute atomic E-state index is 0.0704. The maximum absolute atomic E-state index is 12.8. The molecule has 0 radical (unpaired) electrons. The van der Waals surface area contributed by atoms with E-state index in [-0.39, 0.29) is 11.8 Å². The zero-order chi connectivity index (χ0) is 15.8. The average molecular weight is 295 g/mol. The molecule has 2 rings (SSSR count). The smallest absolute Gasteiger partial charge is 0.229 e. The van der Waals surface area contributed by atoms with Crippen LogP contribution in [-0.2, 0) is 11.2 Å². The molecule has 22 heavy (non-hydrogen) atoms. The van der Waals surface area contributed by atoms with Crippen molar-refractivity contribution in [3.8, 4) is 0 Å². The van der Waals surface area contributed by atoms with Crippen molar-refractivity contribution in [3.05, 3.63) is 66.2 Å². The van der Waals surface area contributed by atoms with Crippen LogP contribution < -0.4 is 4.90 Å². The molecule has 1 unspecified atom stereocenters. The number of amides is 1. The standard InChI is InChI=1S/C20H25NO/c1-3-10-17(2)20(22)21(19-13-8-5-9-14-19)16-15-18-11-6-4-7-12-18/h4-9,11-14,17H,3,10,15-16H2,1-2H3. The Morgan fingerprint density at radius 2 is 1.59 bits per heavy atom. The van der Waals surface area contributed by atoms with Crippen molar-refractivity contribution >= 4 is 11.6 Å². The molecule has 2 aromatic rings. The van der Waals surface area contributed by atoms with E-state index in [1.165, 1.54) is 5.56 Å². The van der Waals surface area contributed by atoms with Crippen LogP contribution in [0.25, 0.3) is 0 Å². The van der Waals surface area contributed by atoms with Crippen LogP contribution >= 0.6 is 0 Å². The second-order valence-corrected chi connectivity index (χ2v) is 5.75. The molecule has 1 amide bonds. The Balaban J connectivity index is 2.13. The molecule has 2 heteroatoms. The number of hydrogen-bond donors (Lipinski definition) is 0. The first kappa shape index (κ1) is 16.3. The van der Waals surface area contributed by atoms with Gasteiger partial charge in [0, 0.05) is 18.2 Å². The molecular weight excluding hydrogens is 270 g/mol. The molecule has 0 spiro atoms. The number of carbonyl (C=O) groups excluding carboxylic acids is 1. The van der Waals surface area contributed by atoms with Crippen LogP contribution in [0.2, 0.25) is 0 Å².